The van der Waals surface area contributed by atoms with Gasteiger partial charge in [0, 0.05) is 19.0 Å². The zero-order valence-electron chi connectivity index (χ0n) is 14.9. The summed E-state index contributed by atoms with van der Waals surface area (Å²) >= 11 is 0. The van der Waals surface area contributed by atoms with Gasteiger partial charge in [-0.05, 0) is 48.9 Å². The number of rotatable bonds is 5. The number of amides is 2. The molecule has 3 rings (SSSR count). The first-order valence-electron chi connectivity index (χ1n) is 8.60. The first-order chi connectivity index (χ1) is 13.7. The maximum Gasteiger partial charge on any atom is 0.573 e. The molecule has 2 amide bonds. The molecule has 6 nitrogen and oxygen atoms in total. The van der Waals surface area contributed by atoms with E-state index in [0.29, 0.717) is 13.0 Å². The van der Waals surface area contributed by atoms with E-state index in [1.54, 1.807) is 0 Å². The molecule has 154 valence electrons. The van der Waals surface area contributed by atoms with Gasteiger partial charge in [-0.2, -0.15) is 0 Å². The number of alkyl halides is 3. The van der Waals surface area contributed by atoms with Gasteiger partial charge in [-0.3, -0.25) is 9.59 Å². The number of hydrogen-bond acceptors (Lipinski definition) is 4. The molecule has 29 heavy (non-hydrogen) atoms. The van der Waals surface area contributed by atoms with Crippen LogP contribution in [-0.2, 0) is 4.79 Å². The van der Waals surface area contributed by atoms with E-state index in [1.165, 1.54) is 12.1 Å². The van der Waals surface area contributed by atoms with E-state index < -0.39 is 29.9 Å². The number of carbonyl (C=O) groups excluding carboxylic acids is 2. The van der Waals surface area contributed by atoms with Gasteiger partial charge >= 0.3 is 6.36 Å². The molecule has 2 aromatic rings. The Labute approximate surface area is 162 Å². The molecular formula is C19H16F4N2O4. The fourth-order valence-corrected chi connectivity index (χ4v) is 2.77. The highest BCUT2D eigenvalue weighted by Gasteiger charge is 2.32. The number of piperidine rings is 1. The van der Waals surface area contributed by atoms with Gasteiger partial charge in [-0.1, -0.05) is 0 Å². The van der Waals surface area contributed by atoms with Crippen LogP contribution in [-0.4, -0.2) is 30.8 Å². The molecule has 1 fully saturated rings. The zero-order chi connectivity index (χ0) is 21.0. The molecule has 10 heteroatoms. The van der Waals surface area contributed by atoms with Crippen LogP contribution in [0.15, 0.2) is 42.5 Å². The molecule has 1 aliphatic heterocycles. The molecule has 0 aromatic heterocycles. The van der Waals surface area contributed by atoms with Crippen LogP contribution in [0.1, 0.15) is 23.2 Å². The monoisotopic (exact) mass is 412 g/mol. The quantitative estimate of drug-likeness (QED) is 0.737. The van der Waals surface area contributed by atoms with E-state index in [1.807, 2.05) is 0 Å². The molecule has 0 aliphatic carbocycles. The van der Waals surface area contributed by atoms with E-state index >= 15 is 0 Å². The molecule has 1 saturated heterocycles. The third-order valence-electron chi connectivity index (χ3n) is 4.05. The maximum atomic E-state index is 13.1. The highest BCUT2D eigenvalue weighted by Crippen LogP contribution is 2.31. The summed E-state index contributed by atoms with van der Waals surface area (Å²) in [7, 11) is 0. The minimum absolute atomic E-state index is 0.0520. The Hall–Kier alpha value is -3.30. The molecule has 2 aromatic carbocycles. The van der Waals surface area contributed by atoms with Crippen LogP contribution in [0.4, 0.5) is 17.6 Å². The molecular weight excluding hydrogens is 396 g/mol. The number of nitrogens with one attached hydrogen (secondary N) is 2. The van der Waals surface area contributed by atoms with Crippen molar-refractivity contribution in [2.24, 2.45) is 0 Å². The second-order valence-electron chi connectivity index (χ2n) is 6.27. The van der Waals surface area contributed by atoms with E-state index in [-0.39, 0.29) is 29.4 Å². The summed E-state index contributed by atoms with van der Waals surface area (Å²) in [5.41, 5.74) is -0.220. The molecule has 0 radical (unpaired) electrons. The van der Waals surface area contributed by atoms with Crippen LogP contribution >= 0.6 is 0 Å². The molecule has 1 atom stereocenters. The highest BCUT2D eigenvalue weighted by molar-refractivity contribution is 5.98. The fourth-order valence-electron chi connectivity index (χ4n) is 2.77. The third-order valence-corrected chi connectivity index (χ3v) is 4.05. The van der Waals surface area contributed by atoms with Crippen molar-refractivity contribution in [1.82, 2.24) is 10.6 Å². The fraction of sp³-hybridized carbons (Fsp3) is 0.263. The number of benzene rings is 2. The summed E-state index contributed by atoms with van der Waals surface area (Å²) in [6.45, 7) is 0.375. The van der Waals surface area contributed by atoms with Gasteiger partial charge in [0.05, 0.1) is 5.56 Å². The van der Waals surface area contributed by atoms with Crippen LogP contribution < -0.4 is 20.1 Å². The standard InChI is InChI=1S/C19H16F4N2O4/c20-11-1-3-13(4-2-11)28-16-6-5-14(29-19(21,22)23)10-15(16)18(27)25-12-7-8-24-17(26)9-12/h1-6,10,12H,7-9H2,(H,24,26)(H,25,27). The number of halogens is 4. The van der Waals surface area contributed by atoms with E-state index in [0.717, 1.165) is 30.3 Å². The largest absolute Gasteiger partial charge is 0.573 e. The van der Waals surface area contributed by atoms with Crippen molar-refractivity contribution in [2.45, 2.75) is 25.2 Å². The maximum absolute atomic E-state index is 13.1. The second-order valence-corrected chi connectivity index (χ2v) is 6.27. The lowest BCUT2D eigenvalue weighted by Gasteiger charge is -2.23. The zero-order valence-corrected chi connectivity index (χ0v) is 14.9. The summed E-state index contributed by atoms with van der Waals surface area (Å²) in [6.07, 6.45) is -4.41. The van der Waals surface area contributed by atoms with Crippen molar-refractivity contribution < 1.29 is 36.6 Å². The van der Waals surface area contributed by atoms with Gasteiger partial charge in [0.15, 0.2) is 0 Å². The van der Waals surface area contributed by atoms with Gasteiger partial charge in [-0.15, -0.1) is 13.2 Å². The Balaban J connectivity index is 1.86. The molecule has 0 saturated carbocycles. The number of ether oxygens (including phenoxy) is 2. The van der Waals surface area contributed by atoms with Crippen molar-refractivity contribution in [3.63, 3.8) is 0 Å². The number of hydrogen-bond donors (Lipinski definition) is 2. The van der Waals surface area contributed by atoms with Crippen LogP contribution in [0, 0.1) is 5.82 Å². The Morgan fingerprint density at radius 3 is 2.45 bits per heavy atom. The van der Waals surface area contributed by atoms with Gasteiger partial charge < -0.3 is 20.1 Å². The van der Waals surface area contributed by atoms with Gasteiger partial charge in [0.2, 0.25) is 5.91 Å². The summed E-state index contributed by atoms with van der Waals surface area (Å²) in [5, 5.41) is 5.23. The topological polar surface area (TPSA) is 76.7 Å². The van der Waals surface area contributed by atoms with Crippen molar-refractivity contribution in [2.75, 3.05) is 6.54 Å². The first-order valence-corrected chi connectivity index (χ1v) is 8.60. The van der Waals surface area contributed by atoms with Crippen LogP contribution in [0.2, 0.25) is 0 Å². The SMILES string of the molecule is O=C1CC(NC(=O)c2cc(OC(F)(F)F)ccc2Oc2ccc(F)cc2)CCN1. The Morgan fingerprint density at radius 2 is 1.79 bits per heavy atom. The normalized spacial score (nSPS) is 16.7. The average Bonchev–Trinajstić information content (AvgIpc) is 2.63. The summed E-state index contributed by atoms with van der Waals surface area (Å²) in [4.78, 5) is 24.2. The van der Waals surface area contributed by atoms with E-state index in [4.69, 9.17) is 4.74 Å². The predicted octanol–water partition coefficient (Wildman–Crippen LogP) is 3.53. The summed E-state index contributed by atoms with van der Waals surface area (Å²) < 4.78 is 60.1. The Kier molecular flexibility index (Phi) is 5.90. The van der Waals surface area contributed by atoms with Gasteiger partial charge in [-0.25, -0.2) is 4.39 Å². The van der Waals surface area contributed by atoms with Gasteiger partial charge in [0.25, 0.3) is 5.91 Å². The number of carbonyl (C=O) groups is 2. The van der Waals surface area contributed by atoms with Crippen molar-refractivity contribution in [3.8, 4) is 17.2 Å². The van der Waals surface area contributed by atoms with Gasteiger partial charge in [0.1, 0.15) is 23.1 Å². The smallest absolute Gasteiger partial charge is 0.457 e. The lowest BCUT2D eigenvalue weighted by Crippen LogP contribution is -2.45. The Bertz CT molecular complexity index is 900. The lowest BCUT2D eigenvalue weighted by molar-refractivity contribution is -0.274. The predicted molar refractivity (Wildman–Crippen MR) is 93.1 cm³/mol. The average molecular weight is 412 g/mol. The molecule has 1 unspecified atom stereocenters. The van der Waals surface area contributed by atoms with Crippen LogP contribution in [0.5, 0.6) is 17.2 Å². The van der Waals surface area contributed by atoms with Crippen molar-refractivity contribution in [3.05, 3.63) is 53.8 Å². The second kappa shape index (κ2) is 8.38. The molecule has 0 spiro atoms. The minimum Gasteiger partial charge on any atom is -0.457 e. The molecule has 1 aliphatic rings. The summed E-state index contributed by atoms with van der Waals surface area (Å²) in [5.74, 6) is -1.94. The Morgan fingerprint density at radius 1 is 1.10 bits per heavy atom. The minimum atomic E-state index is -4.94. The molecule has 0 bridgehead atoms. The van der Waals surface area contributed by atoms with Crippen molar-refractivity contribution >= 4 is 11.8 Å². The first kappa shape index (κ1) is 20.4. The highest BCUT2D eigenvalue weighted by atomic mass is 19.4. The lowest BCUT2D eigenvalue weighted by atomic mass is 10.1. The van der Waals surface area contributed by atoms with Crippen molar-refractivity contribution in [1.29, 1.82) is 0 Å². The van der Waals surface area contributed by atoms with Crippen LogP contribution in [0.3, 0.4) is 0 Å². The van der Waals surface area contributed by atoms with Crippen LogP contribution in [0.25, 0.3) is 0 Å². The van der Waals surface area contributed by atoms with E-state index in [2.05, 4.69) is 15.4 Å². The summed E-state index contributed by atoms with van der Waals surface area (Å²) in [6, 6.07) is 7.45. The third kappa shape index (κ3) is 5.84. The molecule has 2 N–H and O–H groups in total. The van der Waals surface area contributed by atoms with E-state index in [9.17, 15) is 27.2 Å². The molecule has 1 heterocycles.